The van der Waals surface area contributed by atoms with Crippen LogP contribution in [-0.2, 0) is 28.9 Å². The highest BCUT2D eigenvalue weighted by Gasteiger charge is 2.64. The summed E-state index contributed by atoms with van der Waals surface area (Å²) in [5.41, 5.74) is 8.91. The molecular formula is C57H64N8O5. The molecule has 10 rings (SSSR count). The van der Waals surface area contributed by atoms with Gasteiger partial charge >= 0.3 is 0 Å². The van der Waals surface area contributed by atoms with Crippen LogP contribution >= 0.6 is 0 Å². The third-order valence-electron chi connectivity index (χ3n) is 15.8. The second-order valence-electron chi connectivity index (χ2n) is 20.9. The molecule has 0 radical (unpaired) electrons. The maximum atomic E-state index is 13.6. The number of hydrogen-bond acceptors (Lipinski definition) is 10. The molecule has 0 bridgehead atoms. The Labute approximate surface area is 411 Å². The van der Waals surface area contributed by atoms with Crippen molar-refractivity contribution in [1.82, 2.24) is 30.0 Å². The number of fused-ring (bicyclic) bond motifs is 2. The average molecular weight is 941 g/mol. The maximum Gasteiger partial charge on any atom is 0.251 e. The van der Waals surface area contributed by atoms with E-state index in [1.807, 2.05) is 29.4 Å². The zero-order valence-corrected chi connectivity index (χ0v) is 41.3. The summed E-state index contributed by atoms with van der Waals surface area (Å²) in [6, 6.07) is 28.4. The molecule has 3 aliphatic heterocycles. The Bertz CT molecular complexity index is 2930. The van der Waals surface area contributed by atoms with E-state index in [0.717, 1.165) is 121 Å². The van der Waals surface area contributed by atoms with Gasteiger partial charge in [-0.25, -0.2) is 0 Å². The number of nitrogens with zero attached hydrogens (tertiary/aromatic N) is 7. The number of nitriles is 1. The predicted molar refractivity (Wildman–Crippen MR) is 271 cm³/mol. The summed E-state index contributed by atoms with van der Waals surface area (Å²) >= 11 is 0. The van der Waals surface area contributed by atoms with Gasteiger partial charge in [-0.3, -0.25) is 24.2 Å². The van der Waals surface area contributed by atoms with Crippen molar-refractivity contribution in [3.8, 4) is 40.1 Å². The Morgan fingerprint density at radius 3 is 2.37 bits per heavy atom. The maximum absolute atomic E-state index is 13.6. The normalized spacial score (nSPS) is 20.0. The van der Waals surface area contributed by atoms with Crippen LogP contribution in [0.3, 0.4) is 0 Å². The minimum atomic E-state index is -0.339. The fourth-order valence-electron chi connectivity index (χ4n) is 12.1. The van der Waals surface area contributed by atoms with Crippen LogP contribution in [0.25, 0.3) is 33.3 Å². The minimum absolute atomic E-state index is 0.0902. The van der Waals surface area contributed by atoms with Gasteiger partial charge in [-0.05, 0) is 104 Å². The fraction of sp³-hybridized carbons (Fsp3) is 0.439. The largest absolute Gasteiger partial charge is 0.495 e. The number of methoxy groups -OCH3 is 1. The van der Waals surface area contributed by atoms with E-state index in [4.69, 9.17) is 29.3 Å². The number of carbonyl (C=O) groups is 2. The van der Waals surface area contributed by atoms with Gasteiger partial charge in [0.05, 0.1) is 30.1 Å². The summed E-state index contributed by atoms with van der Waals surface area (Å²) in [6.45, 7) is 14.9. The molecule has 6 aromatic rings. The monoisotopic (exact) mass is 940 g/mol. The van der Waals surface area contributed by atoms with Gasteiger partial charge in [0.1, 0.15) is 23.7 Å². The Morgan fingerprint density at radius 2 is 1.67 bits per heavy atom. The smallest absolute Gasteiger partial charge is 0.251 e. The molecule has 2 saturated heterocycles. The van der Waals surface area contributed by atoms with E-state index in [2.05, 4.69) is 97.2 Å². The van der Waals surface area contributed by atoms with Crippen LogP contribution in [-0.4, -0.2) is 88.6 Å². The topological polar surface area (TPSA) is 148 Å². The van der Waals surface area contributed by atoms with Crippen LogP contribution in [0.5, 0.6) is 11.5 Å². The lowest BCUT2D eigenvalue weighted by Crippen LogP contribution is -2.74. The number of ether oxygens (including phenoxy) is 3. The third kappa shape index (κ3) is 8.98. The van der Waals surface area contributed by atoms with Crippen LogP contribution in [0.1, 0.15) is 106 Å². The van der Waals surface area contributed by atoms with Crippen LogP contribution in [0, 0.1) is 28.1 Å². The lowest BCUT2D eigenvalue weighted by atomic mass is 9.49. The van der Waals surface area contributed by atoms with Crippen molar-refractivity contribution in [2.24, 2.45) is 16.7 Å². The number of piperidine rings is 1. The molecule has 13 nitrogen and oxygen atoms in total. The Morgan fingerprint density at radius 1 is 0.900 bits per heavy atom. The summed E-state index contributed by atoms with van der Waals surface area (Å²) < 4.78 is 19.8. The molecule has 1 aliphatic carbocycles. The summed E-state index contributed by atoms with van der Waals surface area (Å²) in [7, 11) is 1.54. The van der Waals surface area contributed by atoms with Crippen molar-refractivity contribution in [3.63, 3.8) is 0 Å². The van der Waals surface area contributed by atoms with Gasteiger partial charge < -0.3 is 29.3 Å². The van der Waals surface area contributed by atoms with Crippen molar-refractivity contribution in [3.05, 3.63) is 119 Å². The molecule has 1 N–H and O–H groups in total. The van der Waals surface area contributed by atoms with Crippen LogP contribution < -0.4 is 19.7 Å². The average Bonchev–Trinajstić information content (AvgIpc) is 3.77. The zero-order chi connectivity index (χ0) is 48.7. The lowest BCUT2D eigenvalue weighted by Gasteiger charge is -2.63. The molecular weight excluding hydrogens is 877 g/mol. The van der Waals surface area contributed by atoms with Gasteiger partial charge in [0.15, 0.2) is 0 Å². The second-order valence-corrected chi connectivity index (χ2v) is 20.9. The Balaban J connectivity index is 0.723. The molecule has 362 valence electrons. The lowest BCUT2D eigenvalue weighted by molar-refractivity contribution is -0.164. The van der Waals surface area contributed by atoms with E-state index in [1.54, 1.807) is 32.2 Å². The third-order valence-corrected chi connectivity index (χ3v) is 15.8. The first-order valence-electron chi connectivity index (χ1n) is 25.0. The number of carbonyl (C=O) groups excluding carboxylic acids is 2. The second kappa shape index (κ2) is 19.2. The fourth-order valence-corrected chi connectivity index (χ4v) is 12.1. The number of anilines is 1. The number of hydrogen-bond donors (Lipinski definition) is 1. The highest BCUT2D eigenvalue weighted by Crippen LogP contribution is 2.56. The van der Waals surface area contributed by atoms with Crippen molar-refractivity contribution in [2.75, 3.05) is 44.9 Å². The highest BCUT2D eigenvalue weighted by molar-refractivity contribution is 5.98. The molecule has 4 aliphatic rings. The predicted octanol–water partition coefficient (Wildman–Crippen LogP) is 9.76. The molecule has 3 fully saturated rings. The number of aromatic nitrogens is 4. The van der Waals surface area contributed by atoms with Crippen molar-refractivity contribution in [2.45, 2.75) is 104 Å². The van der Waals surface area contributed by atoms with Gasteiger partial charge in [0.2, 0.25) is 5.91 Å². The van der Waals surface area contributed by atoms with Gasteiger partial charge in [-0.15, -0.1) is 0 Å². The first-order chi connectivity index (χ1) is 33.8. The molecule has 1 saturated carbocycles. The van der Waals surface area contributed by atoms with Crippen molar-refractivity contribution < 1.29 is 23.8 Å². The minimum Gasteiger partial charge on any atom is -0.495 e. The van der Waals surface area contributed by atoms with Crippen molar-refractivity contribution >= 4 is 28.3 Å². The molecule has 0 unspecified atom stereocenters. The van der Waals surface area contributed by atoms with Gasteiger partial charge in [0, 0.05) is 133 Å². The number of benzene rings is 3. The van der Waals surface area contributed by atoms with E-state index in [-0.39, 0.29) is 34.8 Å². The quantitative estimate of drug-likeness (QED) is 0.126. The molecule has 13 heteroatoms. The Kier molecular flexibility index (Phi) is 12.9. The summed E-state index contributed by atoms with van der Waals surface area (Å²) in [4.78, 5) is 40.4. The van der Waals surface area contributed by atoms with Gasteiger partial charge in [-0.1, -0.05) is 45.9 Å². The van der Waals surface area contributed by atoms with E-state index in [9.17, 15) is 14.9 Å². The Hall–Kier alpha value is -6.78. The van der Waals surface area contributed by atoms with Crippen molar-refractivity contribution in [1.29, 1.82) is 5.26 Å². The SMILES string of the molecule is COc1cc(OC2C(C)(C)C(NC(=O)c3ccc(N4CCC(CCc5ccc(-c6cc7cccc(-c8nn(C9CCOCC9)c9c8CN(C(C)=O)CC9)c7cn6)cn5)CC4)cc3)C2(C)C)ccc1C#N. The summed E-state index contributed by atoms with van der Waals surface area (Å²) in [5, 5.41) is 20.1. The highest BCUT2D eigenvalue weighted by atomic mass is 16.5. The van der Waals surface area contributed by atoms with Gasteiger partial charge in [-0.2, -0.15) is 10.4 Å². The van der Waals surface area contributed by atoms with Crippen LogP contribution in [0.2, 0.25) is 0 Å². The van der Waals surface area contributed by atoms with E-state index in [1.165, 1.54) is 5.69 Å². The van der Waals surface area contributed by atoms with Gasteiger partial charge in [0.25, 0.3) is 5.91 Å². The number of amides is 2. The number of rotatable bonds is 12. The molecule has 70 heavy (non-hydrogen) atoms. The molecule has 0 atom stereocenters. The molecule has 3 aromatic carbocycles. The molecule has 6 heterocycles. The van der Waals surface area contributed by atoms with E-state index in [0.29, 0.717) is 47.7 Å². The molecule has 3 aromatic heterocycles. The summed E-state index contributed by atoms with van der Waals surface area (Å²) in [5.74, 6) is 1.74. The number of pyridine rings is 2. The first kappa shape index (κ1) is 46.9. The molecule has 2 amide bonds. The first-order valence-corrected chi connectivity index (χ1v) is 25.0. The molecule has 0 spiro atoms. The number of nitrogens with one attached hydrogen (secondary N) is 1. The summed E-state index contributed by atoms with van der Waals surface area (Å²) in [6.07, 6.45) is 10.7. The standard InChI is InChI=1S/C57H64N8O5/c1-36(66)64-27-22-50-48(35-64)52(62-65(50)44-23-28-69-29-24-44)46-9-7-8-39-30-49(60-34-47(39)46)41-11-16-42(59-33-41)15-10-37-20-25-63(26-21-37)43-17-12-38(13-18-43)53(67)61-54-56(2,3)55(57(54,4)5)70-45-19-14-40(32-58)51(31-45)68-6/h7-9,11-14,16-19,30-31,33-34,37,44,54-55H,10,15,20-29,35H2,1-6H3,(H,61,67). The van der Waals surface area contributed by atoms with Crippen LogP contribution in [0.15, 0.2) is 91.3 Å². The van der Waals surface area contributed by atoms with Crippen LogP contribution in [0.4, 0.5) is 5.69 Å². The van der Waals surface area contributed by atoms with E-state index >= 15 is 0 Å². The number of aryl methyl sites for hydroxylation is 1. The zero-order valence-electron chi connectivity index (χ0n) is 41.3. The van der Waals surface area contributed by atoms with E-state index < -0.39 is 0 Å².